The average molecular weight is 339 g/mol. The third-order valence-electron chi connectivity index (χ3n) is 5.54. The van der Waals surface area contributed by atoms with E-state index in [2.05, 4.69) is 5.32 Å². The number of amides is 2. The van der Waals surface area contributed by atoms with E-state index < -0.39 is 12.0 Å². The van der Waals surface area contributed by atoms with Crippen LogP contribution in [0.5, 0.6) is 0 Å². The summed E-state index contributed by atoms with van der Waals surface area (Å²) in [5.41, 5.74) is 6.19. The summed E-state index contributed by atoms with van der Waals surface area (Å²) in [6.07, 6.45) is 6.20. The molecular weight excluding hydrogens is 310 g/mol. The fourth-order valence-electron chi connectivity index (χ4n) is 3.57. The van der Waals surface area contributed by atoms with E-state index in [1.54, 1.807) is 4.90 Å². The van der Waals surface area contributed by atoms with Crippen LogP contribution in [0.25, 0.3) is 0 Å². The Bertz CT molecular complexity index is 470. The number of carboxylic acid groups (broad SMARTS) is 1. The van der Waals surface area contributed by atoms with Gasteiger partial charge < -0.3 is 21.1 Å². The molecule has 0 bridgehead atoms. The van der Waals surface area contributed by atoms with Gasteiger partial charge in [0, 0.05) is 25.6 Å². The van der Waals surface area contributed by atoms with Crippen molar-refractivity contribution in [2.24, 2.45) is 17.6 Å². The minimum atomic E-state index is -0.918. The number of hydrogen-bond donors (Lipinski definition) is 3. The van der Waals surface area contributed by atoms with Crippen LogP contribution in [-0.4, -0.2) is 53.5 Å². The van der Waals surface area contributed by atoms with Crippen molar-refractivity contribution >= 4 is 17.8 Å². The van der Waals surface area contributed by atoms with Gasteiger partial charge in [0.15, 0.2) is 0 Å². The number of hydrogen-bond acceptors (Lipinski definition) is 4. The summed E-state index contributed by atoms with van der Waals surface area (Å²) in [4.78, 5) is 36.8. The maximum Gasteiger partial charge on any atom is 0.305 e. The molecule has 7 heteroatoms. The van der Waals surface area contributed by atoms with Gasteiger partial charge in [-0.25, -0.2) is 0 Å². The Hall–Kier alpha value is -1.63. The second kappa shape index (κ2) is 8.46. The molecule has 0 saturated heterocycles. The van der Waals surface area contributed by atoms with Crippen molar-refractivity contribution in [3.8, 4) is 0 Å². The van der Waals surface area contributed by atoms with Crippen molar-refractivity contribution in [1.82, 2.24) is 10.2 Å². The van der Waals surface area contributed by atoms with Gasteiger partial charge in [0.05, 0.1) is 12.5 Å². The molecule has 0 aromatic carbocycles. The lowest BCUT2D eigenvalue weighted by Crippen LogP contribution is -2.52. The van der Waals surface area contributed by atoms with Gasteiger partial charge in [-0.2, -0.15) is 0 Å². The van der Waals surface area contributed by atoms with Crippen LogP contribution in [0.2, 0.25) is 0 Å². The molecule has 2 fully saturated rings. The van der Waals surface area contributed by atoms with Gasteiger partial charge in [0.2, 0.25) is 11.8 Å². The maximum atomic E-state index is 12.5. The van der Waals surface area contributed by atoms with E-state index in [1.807, 2.05) is 7.05 Å². The zero-order chi connectivity index (χ0) is 17.7. The molecule has 0 aromatic rings. The molecule has 0 radical (unpaired) electrons. The number of nitrogens with zero attached hydrogens (tertiary/aromatic N) is 1. The van der Waals surface area contributed by atoms with Crippen molar-refractivity contribution in [1.29, 1.82) is 0 Å². The largest absolute Gasteiger partial charge is 0.481 e. The molecular formula is C17H29N3O4. The highest BCUT2D eigenvalue weighted by Crippen LogP contribution is 2.32. The molecule has 0 spiro atoms. The summed E-state index contributed by atoms with van der Waals surface area (Å²) >= 11 is 0. The smallest absolute Gasteiger partial charge is 0.305 e. The number of nitrogens with one attached hydrogen (secondary N) is 1. The summed E-state index contributed by atoms with van der Waals surface area (Å²) < 4.78 is 0. The molecule has 4 N–H and O–H groups in total. The van der Waals surface area contributed by atoms with Gasteiger partial charge in [-0.3, -0.25) is 14.4 Å². The minimum absolute atomic E-state index is 0.0223. The van der Waals surface area contributed by atoms with Crippen LogP contribution < -0.4 is 11.1 Å². The molecule has 7 nitrogen and oxygen atoms in total. The van der Waals surface area contributed by atoms with Crippen LogP contribution in [0.15, 0.2) is 0 Å². The predicted molar refractivity (Wildman–Crippen MR) is 89.1 cm³/mol. The zero-order valence-corrected chi connectivity index (χ0v) is 14.4. The first kappa shape index (κ1) is 18.7. The number of carbonyl (C=O) groups excluding carboxylic acids is 2. The van der Waals surface area contributed by atoms with Crippen molar-refractivity contribution in [2.45, 2.75) is 63.5 Å². The standard InChI is InChI=1S/C17H29N3O4/c1-20(13-3-2-4-13)17(24)15(18)11-5-7-12(8-6-11)16(23)19-10-9-14(21)22/h11-13,15H,2-10,18H2,1H3,(H,19,23)(H,21,22)/t11?,12?,15-/m0/s1. The Morgan fingerprint density at radius 2 is 1.79 bits per heavy atom. The fraction of sp³-hybridized carbons (Fsp3) is 0.824. The van der Waals surface area contributed by atoms with Crippen molar-refractivity contribution in [2.75, 3.05) is 13.6 Å². The van der Waals surface area contributed by atoms with Crippen LogP contribution in [-0.2, 0) is 14.4 Å². The number of likely N-dealkylation sites (N-methyl/N-ethyl adjacent to an activating group) is 1. The van der Waals surface area contributed by atoms with Crippen LogP contribution in [0.1, 0.15) is 51.4 Å². The average Bonchev–Trinajstić information content (AvgIpc) is 2.51. The van der Waals surface area contributed by atoms with E-state index in [0.717, 1.165) is 25.7 Å². The second-order valence-corrected chi connectivity index (χ2v) is 7.11. The van der Waals surface area contributed by atoms with Crippen molar-refractivity contribution < 1.29 is 19.5 Å². The van der Waals surface area contributed by atoms with Gasteiger partial charge in [-0.05, 0) is 50.9 Å². The first-order valence-electron chi connectivity index (χ1n) is 8.92. The summed E-state index contributed by atoms with van der Waals surface area (Å²) in [5, 5.41) is 11.3. The van der Waals surface area contributed by atoms with E-state index >= 15 is 0 Å². The second-order valence-electron chi connectivity index (χ2n) is 7.11. The summed E-state index contributed by atoms with van der Waals surface area (Å²) in [5.74, 6) is -0.945. The molecule has 0 aliphatic heterocycles. The lowest BCUT2D eigenvalue weighted by molar-refractivity contribution is -0.137. The Kier molecular flexibility index (Phi) is 6.60. The van der Waals surface area contributed by atoms with Gasteiger partial charge in [0.1, 0.15) is 0 Å². The molecule has 2 aliphatic rings. The van der Waals surface area contributed by atoms with E-state index in [-0.39, 0.29) is 36.6 Å². The number of aliphatic carboxylic acids is 1. The Morgan fingerprint density at radius 3 is 2.29 bits per heavy atom. The van der Waals surface area contributed by atoms with Gasteiger partial charge in [0.25, 0.3) is 0 Å². The van der Waals surface area contributed by atoms with Crippen LogP contribution in [0.3, 0.4) is 0 Å². The van der Waals surface area contributed by atoms with Crippen LogP contribution in [0, 0.1) is 11.8 Å². The highest BCUT2D eigenvalue weighted by atomic mass is 16.4. The highest BCUT2D eigenvalue weighted by molar-refractivity contribution is 5.82. The van der Waals surface area contributed by atoms with E-state index in [9.17, 15) is 14.4 Å². The Morgan fingerprint density at radius 1 is 1.17 bits per heavy atom. The first-order chi connectivity index (χ1) is 11.4. The molecule has 1 atom stereocenters. The van der Waals surface area contributed by atoms with Gasteiger partial charge in [-0.15, -0.1) is 0 Å². The molecule has 2 amide bonds. The number of rotatable bonds is 7. The Balaban J connectivity index is 1.74. The maximum absolute atomic E-state index is 12.5. The Labute approximate surface area is 142 Å². The monoisotopic (exact) mass is 339 g/mol. The quantitative estimate of drug-likeness (QED) is 0.633. The summed E-state index contributed by atoms with van der Waals surface area (Å²) in [6.45, 7) is 0.165. The molecule has 24 heavy (non-hydrogen) atoms. The molecule has 0 aromatic heterocycles. The molecule has 0 unspecified atom stereocenters. The molecule has 2 rings (SSSR count). The summed E-state index contributed by atoms with van der Waals surface area (Å²) in [7, 11) is 1.84. The fourth-order valence-corrected chi connectivity index (χ4v) is 3.57. The summed E-state index contributed by atoms with van der Waals surface area (Å²) in [6, 6.07) is -0.133. The highest BCUT2D eigenvalue weighted by Gasteiger charge is 2.35. The van der Waals surface area contributed by atoms with Crippen LogP contribution in [0.4, 0.5) is 0 Å². The number of nitrogens with two attached hydrogens (primary N) is 1. The van der Waals surface area contributed by atoms with Crippen molar-refractivity contribution in [3.05, 3.63) is 0 Å². The number of carbonyl (C=O) groups is 3. The van der Waals surface area contributed by atoms with Gasteiger partial charge >= 0.3 is 5.97 Å². The molecule has 2 aliphatic carbocycles. The lowest BCUT2D eigenvalue weighted by atomic mass is 9.77. The molecule has 2 saturated carbocycles. The van der Waals surface area contributed by atoms with E-state index in [4.69, 9.17) is 10.8 Å². The third kappa shape index (κ3) is 4.69. The third-order valence-corrected chi connectivity index (χ3v) is 5.54. The minimum Gasteiger partial charge on any atom is -0.481 e. The lowest BCUT2D eigenvalue weighted by Gasteiger charge is -2.38. The predicted octanol–water partition coefficient (Wildman–Crippen LogP) is 0.722. The first-order valence-corrected chi connectivity index (χ1v) is 8.92. The zero-order valence-electron chi connectivity index (χ0n) is 14.4. The van der Waals surface area contributed by atoms with E-state index in [1.165, 1.54) is 6.42 Å². The normalized spacial score (nSPS) is 25.4. The SMILES string of the molecule is CN(C(=O)[C@@H](N)C1CCC(C(=O)NCCC(=O)O)CC1)C1CCC1. The van der Waals surface area contributed by atoms with Crippen molar-refractivity contribution in [3.63, 3.8) is 0 Å². The van der Waals surface area contributed by atoms with Crippen LogP contribution >= 0.6 is 0 Å². The van der Waals surface area contributed by atoms with E-state index in [0.29, 0.717) is 18.9 Å². The van der Waals surface area contributed by atoms with Gasteiger partial charge in [-0.1, -0.05) is 0 Å². The topological polar surface area (TPSA) is 113 Å². The molecule has 0 heterocycles. The number of carboxylic acids is 1. The molecule has 136 valence electrons.